The van der Waals surface area contributed by atoms with Gasteiger partial charge >= 0.3 is 0 Å². The van der Waals surface area contributed by atoms with Gasteiger partial charge in [0.05, 0.1) is 0 Å². The molecule has 0 aromatic heterocycles. The monoisotopic (exact) mass is 262 g/mol. The first-order valence-corrected chi connectivity index (χ1v) is 8.04. The van der Waals surface area contributed by atoms with E-state index in [0.29, 0.717) is 0 Å². The molecule has 0 bridgehead atoms. The van der Waals surface area contributed by atoms with Crippen LogP contribution in [0.3, 0.4) is 0 Å². The summed E-state index contributed by atoms with van der Waals surface area (Å²) in [6.07, 6.45) is 2.90. The third kappa shape index (κ3) is 3.50. The molecule has 98 valence electrons. The molecule has 18 heavy (non-hydrogen) atoms. The summed E-state index contributed by atoms with van der Waals surface area (Å²) in [6, 6.07) is 11.7. The van der Waals surface area contributed by atoms with Crippen molar-refractivity contribution in [2.24, 2.45) is 0 Å². The van der Waals surface area contributed by atoms with Gasteiger partial charge in [-0.25, -0.2) is 0 Å². The lowest BCUT2D eigenvalue weighted by atomic mass is 10.3. The van der Waals surface area contributed by atoms with E-state index in [1.807, 2.05) is 11.8 Å². The molecule has 0 atom stereocenters. The number of nitrogens with zero attached hydrogens (tertiary/aromatic N) is 2. The summed E-state index contributed by atoms with van der Waals surface area (Å²) in [7, 11) is 0. The largest absolute Gasteiger partial charge is 0.300 e. The Hall–Kier alpha value is -0.510. The first kappa shape index (κ1) is 12.5. The molecule has 1 saturated carbocycles. The molecule has 0 radical (unpaired) electrons. The Morgan fingerprint density at radius 1 is 1.00 bits per heavy atom. The molecule has 2 fully saturated rings. The van der Waals surface area contributed by atoms with Gasteiger partial charge in [0.1, 0.15) is 0 Å². The van der Waals surface area contributed by atoms with Crippen LogP contribution in [-0.4, -0.2) is 54.3 Å². The van der Waals surface area contributed by atoms with Crippen LogP contribution >= 0.6 is 11.8 Å². The molecule has 0 spiro atoms. The molecular weight excluding hydrogens is 240 g/mol. The minimum Gasteiger partial charge on any atom is -0.300 e. The van der Waals surface area contributed by atoms with E-state index >= 15 is 0 Å². The Labute approximate surface area is 114 Å². The van der Waals surface area contributed by atoms with Gasteiger partial charge < -0.3 is 0 Å². The highest BCUT2D eigenvalue weighted by Crippen LogP contribution is 2.27. The number of benzene rings is 1. The van der Waals surface area contributed by atoms with Gasteiger partial charge in [-0.2, -0.15) is 0 Å². The second-order valence-electron chi connectivity index (χ2n) is 5.27. The molecule has 0 N–H and O–H groups in total. The fourth-order valence-corrected chi connectivity index (χ4v) is 3.54. The molecule has 1 heterocycles. The quantitative estimate of drug-likeness (QED) is 0.753. The van der Waals surface area contributed by atoms with Crippen molar-refractivity contribution in [3.8, 4) is 0 Å². The van der Waals surface area contributed by atoms with E-state index < -0.39 is 0 Å². The zero-order valence-electron chi connectivity index (χ0n) is 10.9. The molecule has 2 nitrogen and oxygen atoms in total. The topological polar surface area (TPSA) is 6.48 Å². The van der Waals surface area contributed by atoms with Crippen LogP contribution in [0, 0.1) is 0 Å². The number of piperazine rings is 1. The minimum atomic E-state index is 0.950. The van der Waals surface area contributed by atoms with Crippen LogP contribution in [-0.2, 0) is 0 Å². The maximum absolute atomic E-state index is 2.68. The molecule has 1 aliphatic carbocycles. The van der Waals surface area contributed by atoms with Crippen molar-refractivity contribution >= 4 is 11.8 Å². The third-order valence-corrected chi connectivity index (χ3v) is 4.88. The normalized spacial score (nSPS) is 22.2. The lowest BCUT2D eigenvalue weighted by molar-refractivity contribution is 0.132. The van der Waals surface area contributed by atoms with Gasteiger partial charge in [0.2, 0.25) is 0 Å². The van der Waals surface area contributed by atoms with Crippen molar-refractivity contribution in [3.05, 3.63) is 30.3 Å². The Balaban J connectivity index is 1.34. The van der Waals surface area contributed by atoms with Crippen molar-refractivity contribution in [1.29, 1.82) is 0 Å². The Morgan fingerprint density at radius 3 is 2.39 bits per heavy atom. The number of thioether (sulfide) groups is 1. The Kier molecular flexibility index (Phi) is 4.24. The average molecular weight is 262 g/mol. The highest BCUT2D eigenvalue weighted by molar-refractivity contribution is 7.99. The van der Waals surface area contributed by atoms with Crippen LogP contribution in [0.25, 0.3) is 0 Å². The summed E-state index contributed by atoms with van der Waals surface area (Å²) in [6.45, 7) is 6.36. The zero-order chi connectivity index (χ0) is 12.2. The minimum absolute atomic E-state index is 0.950. The lowest BCUT2D eigenvalue weighted by Gasteiger charge is -2.34. The van der Waals surface area contributed by atoms with E-state index in [1.165, 1.54) is 56.2 Å². The molecule has 0 unspecified atom stereocenters. The van der Waals surface area contributed by atoms with Crippen LogP contribution < -0.4 is 0 Å². The van der Waals surface area contributed by atoms with Gasteiger partial charge in [-0.3, -0.25) is 9.80 Å². The van der Waals surface area contributed by atoms with Gasteiger partial charge in [0, 0.05) is 49.4 Å². The van der Waals surface area contributed by atoms with Crippen LogP contribution in [0.5, 0.6) is 0 Å². The standard InChI is InChI=1S/C15H22N2S/c1-2-4-15(5-3-1)18-13-12-16-8-10-17(11-9-16)14-6-7-14/h1-5,14H,6-13H2. The Bertz CT molecular complexity index is 356. The summed E-state index contributed by atoms with van der Waals surface area (Å²) >= 11 is 1.98. The molecule has 1 aliphatic heterocycles. The highest BCUT2D eigenvalue weighted by atomic mass is 32.2. The van der Waals surface area contributed by atoms with Crippen LogP contribution in [0.2, 0.25) is 0 Å². The SMILES string of the molecule is c1ccc(SCCN2CCN(C3CC3)CC2)cc1. The predicted octanol–water partition coefficient (Wildman–Crippen LogP) is 2.56. The van der Waals surface area contributed by atoms with E-state index in [0.717, 1.165) is 6.04 Å². The molecule has 2 aliphatic rings. The second-order valence-corrected chi connectivity index (χ2v) is 6.44. The molecule has 0 amide bonds. The first-order valence-electron chi connectivity index (χ1n) is 7.06. The van der Waals surface area contributed by atoms with Crippen molar-refractivity contribution in [1.82, 2.24) is 9.80 Å². The van der Waals surface area contributed by atoms with Crippen molar-refractivity contribution in [2.75, 3.05) is 38.5 Å². The van der Waals surface area contributed by atoms with E-state index in [2.05, 4.69) is 40.1 Å². The molecule has 1 aromatic rings. The summed E-state index contributed by atoms with van der Waals surface area (Å²) in [4.78, 5) is 6.70. The summed E-state index contributed by atoms with van der Waals surface area (Å²) in [5, 5.41) is 0. The number of hydrogen-bond acceptors (Lipinski definition) is 3. The lowest BCUT2D eigenvalue weighted by Crippen LogP contribution is -2.47. The Morgan fingerprint density at radius 2 is 1.72 bits per heavy atom. The van der Waals surface area contributed by atoms with Gasteiger partial charge in [0.15, 0.2) is 0 Å². The number of hydrogen-bond donors (Lipinski definition) is 0. The maximum atomic E-state index is 2.68. The van der Waals surface area contributed by atoms with E-state index in [-0.39, 0.29) is 0 Å². The van der Waals surface area contributed by atoms with Gasteiger partial charge in [-0.05, 0) is 25.0 Å². The molecular formula is C15H22N2S. The molecule has 1 saturated heterocycles. The smallest absolute Gasteiger partial charge is 0.0113 e. The van der Waals surface area contributed by atoms with E-state index in [9.17, 15) is 0 Å². The van der Waals surface area contributed by atoms with Crippen molar-refractivity contribution in [3.63, 3.8) is 0 Å². The van der Waals surface area contributed by atoms with Gasteiger partial charge in [0.25, 0.3) is 0 Å². The fraction of sp³-hybridized carbons (Fsp3) is 0.600. The van der Waals surface area contributed by atoms with E-state index in [4.69, 9.17) is 0 Å². The summed E-state index contributed by atoms with van der Waals surface area (Å²) in [5.74, 6) is 1.22. The van der Waals surface area contributed by atoms with Crippen LogP contribution in [0.1, 0.15) is 12.8 Å². The first-order chi connectivity index (χ1) is 8.92. The van der Waals surface area contributed by atoms with Crippen LogP contribution in [0.4, 0.5) is 0 Å². The predicted molar refractivity (Wildman–Crippen MR) is 78.2 cm³/mol. The van der Waals surface area contributed by atoms with Crippen LogP contribution in [0.15, 0.2) is 35.2 Å². The van der Waals surface area contributed by atoms with E-state index in [1.54, 1.807) is 0 Å². The summed E-state index contributed by atoms with van der Waals surface area (Å²) < 4.78 is 0. The third-order valence-electron chi connectivity index (χ3n) is 3.89. The summed E-state index contributed by atoms with van der Waals surface area (Å²) in [5.41, 5.74) is 0. The van der Waals surface area contributed by atoms with Gasteiger partial charge in [-0.15, -0.1) is 11.8 Å². The zero-order valence-corrected chi connectivity index (χ0v) is 11.7. The highest BCUT2D eigenvalue weighted by Gasteiger charge is 2.30. The second kappa shape index (κ2) is 6.09. The average Bonchev–Trinajstić information content (AvgIpc) is 3.25. The van der Waals surface area contributed by atoms with Crippen molar-refractivity contribution < 1.29 is 0 Å². The number of rotatable bonds is 5. The maximum Gasteiger partial charge on any atom is 0.0113 e. The molecule has 3 heteroatoms. The molecule has 1 aromatic carbocycles. The molecule has 3 rings (SSSR count). The van der Waals surface area contributed by atoms with Gasteiger partial charge in [-0.1, -0.05) is 18.2 Å². The fourth-order valence-electron chi connectivity index (χ4n) is 2.60. The van der Waals surface area contributed by atoms with Crippen molar-refractivity contribution in [2.45, 2.75) is 23.8 Å².